The van der Waals surface area contributed by atoms with Gasteiger partial charge in [0.05, 0.1) is 11.8 Å². The summed E-state index contributed by atoms with van der Waals surface area (Å²) in [4.78, 5) is 22.9. The topological polar surface area (TPSA) is 67.4 Å². The minimum Gasteiger partial charge on any atom is -0.489 e. The van der Waals surface area contributed by atoms with Gasteiger partial charge in [0.2, 0.25) is 0 Å². The number of piperidine rings is 1. The van der Waals surface area contributed by atoms with E-state index in [1.54, 1.807) is 18.6 Å². The number of likely N-dealkylation sites (tertiary alicyclic amines) is 1. The van der Waals surface area contributed by atoms with Crippen molar-refractivity contribution in [2.24, 2.45) is 5.92 Å². The molecule has 0 saturated carbocycles. The molecule has 3 rings (SSSR count). The van der Waals surface area contributed by atoms with Crippen LogP contribution in [-0.2, 0) is 0 Å². The van der Waals surface area contributed by atoms with E-state index in [0.717, 1.165) is 31.0 Å². The molecular weight excluding hydrogens is 328 g/mol. The van der Waals surface area contributed by atoms with Crippen LogP contribution in [-0.4, -0.2) is 46.5 Å². The summed E-state index contributed by atoms with van der Waals surface area (Å²) in [5.41, 5.74) is 0.631. The van der Waals surface area contributed by atoms with Crippen molar-refractivity contribution >= 4 is 11.7 Å². The van der Waals surface area contributed by atoms with Gasteiger partial charge in [0, 0.05) is 44.9 Å². The summed E-state index contributed by atoms with van der Waals surface area (Å²) >= 11 is 0. The summed E-state index contributed by atoms with van der Waals surface area (Å²) in [5.74, 6) is 2.17. The van der Waals surface area contributed by atoms with Crippen molar-refractivity contribution < 1.29 is 9.53 Å². The number of hydrogen-bond acceptors (Lipinski definition) is 5. The molecule has 1 fully saturated rings. The Morgan fingerprint density at radius 3 is 2.69 bits per heavy atom. The summed E-state index contributed by atoms with van der Waals surface area (Å²) in [7, 11) is 0. The molecule has 26 heavy (non-hydrogen) atoms. The van der Waals surface area contributed by atoms with E-state index in [0.29, 0.717) is 24.6 Å². The molecule has 1 aliphatic rings. The smallest absolute Gasteiger partial charge is 0.255 e. The second-order valence-corrected chi connectivity index (χ2v) is 7.01. The summed E-state index contributed by atoms with van der Waals surface area (Å²) in [5, 5.41) is 3.26. The van der Waals surface area contributed by atoms with Crippen LogP contribution in [0.2, 0.25) is 0 Å². The predicted molar refractivity (Wildman–Crippen MR) is 101 cm³/mol. The summed E-state index contributed by atoms with van der Waals surface area (Å²) in [6.45, 7) is 6.54. The molecule has 0 unspecified atom stereocenters. The summed E-state index contributed by atoms with van der Waals surface area (Å²) in [6, 6.07) is 7.48. The lowest BCUT2D eigenvalue weighted by Crippen LogP contribution is -2.41. The van der Waals surface area contributed by atoms with Crippen molar-refractivity contribution in [2.45, 2.75) is 32.8 Å². The van der Waals surface area contributed by atoms with Crippen molar-refractivity contribution in [3.63, 3.8) is 0 Å². The number of nitrogens with one attached hydrogen (secondary N) is 1. The number of ether oxygens (including phenoxy) is 1. The van der Waals surface area contributed by atoms with Gasteiger partial charge < -0.3 is 15.0 Å². The van der Waals surface area contributed by atoms with Crippen LogP contribution < -0.4 is 10.1 Å². The molecule has 2 aromatic rings. The van der Waals surface area contributed by atoms with Gasteiger partial charge in [-0.2, -0.15) is 0 Å². The van der Waals surface area contributed by atoms with Gasteiger partial charge in [-0.25, -0.2) is 4.98 Å². The molecule has 0 aliphatic carbocycles. The molecule has 3 heterocycles. The molecule has 6 heteroatoms. The lowest BCUT2D eigenvalue weighted by Gasteiger charge is -2.32. The van der Waals surface area contributed by atoms with Crippen LogP contribution in [0.25, 0.3) is 0 Å². The largest absolute Gasteiger partial charge is 0.489 e. The first kappa shape index (κ1) is 18.2. The van der Waals surface area contributed by atoms with Crippen molar-refractivity contribution in [1.29, 1.82) is 0 Å². The van der Waals surface area contributed by atoms with Gasteiger partial charge in [0.15, 0.2) is 0 Å². The average Bonchev–Trinajstić information content (AvgIpc) is 2.68. The molecule has 138 valence electrons. The van der Waals surface area contributed by atoms with Crippen LogP contribution in [0.4, 0.5) is 5.82 Å². The monoisotopic (exact) mass is 354 g/mol. The first-order valence-corrected chi connectivity index (χ1v) is 9.17. The van der Waals surface area contributed by atoms with Gasteiger partial charge in [-0.3, -0.25) is 9.78 Å². The number of amides is 1. The Bertz CT molecular complexity index is 696. The number of aromatic nitrogens is 2. The Balaban J connectivity index is 1.50. The molecular formula is C20H26N4O2. The number of rotatable bonds is 6. The Morgan fingerprint density at radius 2 is 2.08 bits per heavy atom. The van der Waals surface area contributed by atoms with Crippen LogP contribution in [0.5, 0.6) is 5.75 Å². The zero-order chi connectivity index (χ0) is 18.4. The van der Waals surface area contributed by atoms with Gasteiger partial charge in [-0.1, -0.05) is 13.8 Å². The standard InChI is InChI=1S/C20H26N4O2/c1-15(2)12-22-19-6-5-16(13-23-19)20(25)24-10-7-17(8-11-24)26-18-4-3-9-21-14-18/h3-6,9,13-15,17H,7-8,10-12H2,1-2H3,(H,22,23). The number of anilines is 1. The van der Waals surface area contributed by atoms with E-state index in [9.17, 15) is 4.79 Å². The van der Waals surface area contributed by atoms with E-state index in [4.69, 9.17) is 4.74 Å². The second-order valence-electron chi connectivity index (χ2n) is 7.01. The highest BCUT2D eigenvalue weighted by Crippen LogP contribution is 2.19. The summed E-state index contributed by atoms with van der Waals surface area (Å²) in [6.07, 6.45) is 6.88. The van der Waals surface area contributed by atoms with Crippen LogP contribution >= 0.6 is 0 Å². The van der Waals surface area contributed by atoms with E-state index >= 15 is 0 Å². The minimum atomic E-state index is 0.0349. The Labute approximate surface area is 154 Å². The van der Waals surface area contributed by atoms with Gasteiger partial charge in [-0.15, -0.1) is 0 Å². The quantitative estimate of drug-likeness (QED) is 0.863. The molecule has 1 saturated heterocycles. The number of hydrogen-bond donors (Lipinski definition) is 1. The number of carbonyl (C=O) groups is 1. The molecule has 2 aromatic heterocycles. The SMILES string of the molecule is CC(C)CNc1ccc(C(=O)N2CCC(Oc3cccnc3)CC2)cn1. The molecule has 0 atom stereocenters. The maximum atomic E-state index is 12.7. The molecule has 0 spiro atoms. The maximum absolute atomic E-state index is 12.7. The van der Waals surface area contributed by atoms with Crippen molar-refractivity contribution in [3.05, 3.63) is 48.4 Å². The fourth-order valence-electron chi connectivity index (χ4n) is 2.90. The Hall–Kier alpha value is -2.63. The van der Waals surface area contributed by atoms with Crippen LogP contribution in [0.1, 0.15) is 37.0 Å². The summed E-state index contributed by atoms with van der Waals surface area (Å²) < 4.78 is 5.93. The van der Waals surface area contributed by atoms with E-state index in [2.05, 4.69) is 29.1 Å². The van der Waals surface area contributed by atoms with Gasteiger partial charge in [0.25, 0.3) is 5.91 Å². The van der Waals surface area contributed by atoms with Crippen LogP contribution in [0.15, 0.2) is 42.9 Å². The van der Waals surface area contributed by atoms with Gasteiger partial charge in [0.1, 0.15) is 17.7 Å². The van der Waals surface area contributed by atoms with Crippen LogP contribution in [0.3, 0.4) is 0 Å². The third-order valence-electron chi connectivity index (χ3n) is 4.37. The lowest BCUT2D eigenvalue weighted by atomic mass is 10.1. The van der Waals surface area contributed by atoms with Gasteiger partial charge >= 0.3 is 0 Å². The lowest BCUT2D eigenvalue weighted by molar-refractivity contribution is 0.0594. The fraction of sp³-hybridized carbons (Fsp3) is 0.450. The van der Waals surface area contributed by atoms with E-state index < -0.39 is 0 Å². The number of carbonyl (C=O) groups excluding carboxylic acids is 1. The molecule has 1 N–H and O–H groups in total. The fourth-order valence-corrected chi connectivity index (χ4v) is 2.90. The molecule has 0 bridgehead atoms. The minimum absolute atomic E-state index is 0.0349. The van der Waals surface area contributed by atoms with E-state index in [-0.39, 0.29) is 12.0 Å². The predicted octanol–water partition coefficient (Wildman–Crippen LogP) is 3.23. The number of pyridine rings is 2. The molecule has 0 aromatic carbocycles. The molecule has 1 amide bonds. The van der Waals surface area contributed by atoms with Crippen molar-refractivity contribution in [1.82, 2.24) is 14.9 Å². The van der Waals surface area contributed by atoms with Crippen LogP contribution in [0, 0.1) is 5.92 Å². The third kappa shape index (κ3) is 4.94. The first-order valence-electron chi connectivity index (χ1n) is 9.17. The van der Waals surface area contributed by atoms with Crippen molar-refractivity contribution in [2.75, 3.05) is 25.0 Å². The highest BCUT2D eigenvalue weighted by Gasteiger charge is 2.25. The maximum Gasteiger partial charge on any atom is 0.255 e. The highest BCUT2D eigenvalue weighted by molar-refractivity contribution is 5.94. The highest BCUT2D eigenvalue weighted by atomic mass is 16.5. The Morgan fingerprint density at radius 1 is 1.27 bits per heavy atom. The van der Waals surface area contributed by atoms with E-state index in [1.807, 2.05) is 29.2 Å². The zero-order valence-electron chi connectivity index (χ0n) is 15.4. The normalized spacial score (nSPS) is 15.1. The third-order valence-corrected chi connectivity index (χ3v) is 4.37. The molecule has 1 aliphatic heterocycles. The molecule has 0 radical (unpaired) electrons. The Kier molecular flexibility index (Phi) is 6.04. The zero-order valence-corrected chi connectivity index (χ0v) is 15.4. The molecule has 6 nitrogen and oxygen atoms in total. The first-order chi connectivity index (χ1) is 12.6. The number of nitrogens with zero attached hydrogens (tertiary/aromatic N) is 3. The second kappa shape index (κ2) is 8.65. The van der Waals surface area contributed by atoms with Crippen molar-refractivity contribution in [3.8, 4) is 5.75 Å². The average molecular weight is 354 g/mol. The van der Waals surface area contributed by atoms with Gasteiger partial charge in [-0.05, 0) is 30.2 Å². The van der Waals surface area contributed by atoms with E-state index in [1.165, 1.54) is 0 Å².